The van der Waals surface area contributed by atoms with Crippen LogP contribution in [0.2, 0.25) is 10.0 Å². The maximum atomic E-state index is 12.8. The van der Waals surface area contributed by atoms with Crippen molar-refractivity contribution in [2.24, 2.45) is 11.8 Å². The Morgan fingerprint density at radius 1 is 1.07 bits per heavy atom. The SMILES string of the molecule is O=c1[nH]c(=S)[nH]c([C@H]2CC[C@H](C3C=CC=CC3)CC2)c1Cc1cccc(Cl)c1Cl. The van der Waals surface area contributed by atoms with Crippen LogP contribution in [-0.2, 0) is 6.42 Å². The van der Waals surface area contributed by atoms with Crippen molar-refractivity contribution in [3.63, 3.8) is 0 Å². The van der Waals surface area contributed by atoms with Crippen molar-refractivity contribution >= 4 is 35.4 Å². The minimum atomic E-state index is -0.137. The smallest absolute Gasteiger partial charge is 0.255 e. The maximum Gasteiger partial charge on any atom is 0.255 e. The van der Waals surface area contributed by atoms with Crippen LogP contribution in [0, 0.1) is 16.6 Å². The largest absolute Gasteiger partial charge is 0.335 e. The average molecular weight is 447 g/mol. The van der Waals surface area contributed by atoms with E-state index in [-0.39, 0.29) is 5.56 Å². The van der Waals surface area contributed by atoms with Crippen LogP contribution < -0.4 is 5.56 Å². The Kier molecular flexibility index (Phi) is 6.43. The topological polar surface area (TPSA) is 48.6 Å². The summed E-state index contributed by atoms with van der Waals surface area (Å²) in [4.78, 5) is 18.8. The number of nitrogens with one attached hydrogen (secondary N) is 2. The van der Waals surface area contributed by atoms with E-state index in [1.165, 1.54) is 0 Å². The summed E-state index contributed by atoms with van der Waals surface area (Å²) in [6, 6.07) is 5.53. The van der Waals surface area contributed by atoms with Crippen molar-refractivity contribution < 1.29 is 0 Å². The molecule has 0 amide bonds. The number of rotatable bonds is 4. The molecule has 2 aromatic rings. The van der Waals surface area contributed by atoms with E-state index in [1.54, 1.807) is 6.07 Å². The second kappa shape index (κ2) is 9.03. The average Bonchev–Trinajstić information content (AvgIpc) is 2.73. The zero-order valence-corrected chi connectivity index (χ0v) is 18.4. The van der Waals surface area contributed by atoms with E-state index in [0.717, 1.165) is 43.4 Å². The van der Waals surface area contributed by atoms with Gasteiger partial charge in [0.2, 0.25) is 0 Å². The van der Waals surface area contributed by atoms with Crippen molar-refractivity contribution in [3.8, 4) is 0 Å². The molecule has 152 valence electrons. The van der Waals surface area contributed by atoms with Gasteiger partial charge in [-0.1, -0.05) is 59.6 Å². The highest BCUT2D eigenvalue weighted by Crippen LogP contribution is 2.41. The van der Waals surface area contributed by atoms with Crippen LogP contribution in [0.1, 0.15) is 54.8 Å². The van der Waals surface area contributed by atoms with Crippen LogP contribution in [0.5, 0.6) is 0 Å². The molecule has 1 aromatic carbocycles. The zero-order chi connectivity index (χ0) is 20.4. The quantitative estimate of drug-likeness (QED) is 0.510. The summed E-state index contributed by atoms with van der Waals surface area (Å²) in [5.41, 5.74) is 2.39. The normalized spacial score (nSPS) is 24.0. The molecule has 0 radical (unpaired) electrons. The monoisotopic (exact) mass is 446 g/mol. The molecule has 29 heavy (non-hydrogen) atoms. The lowest BCUT2D eigenvalue weighted by Crippen LogP contribution is -2.25. The molecular formula is C23H24Cl2N2OS. The van der Waals surface area contributed by atoms with Gasteiger partial charge in [0, 0.05) is 17.7 Å². The lowest BCUT2D eigenvalue weighted by molar-refractivity contribution is 0.262. The number of hydrogen-bond acceptors (Lipinski definition) is 2. The highest BCUT2D eigenvalue weighted by Gasteiger charge is 2.29. The fourth-order valence-corrected chi connectivity index (χ4v) is 5.30. The molecule has 0 bridgehead atoms. The number of halogens is 2. The molecule has 1 aromatic heterocycles. The minimum absolute atomic E-state index is 0.137. The lowest BCUT2D eigenvalue weighted by atomic mass is 9.72. The standard InChI is InChI=1S/C23H24Cl2N2OS/c24-19-8-4-7-17(20(19)25)13-18-21(26-23(29)27-22(18)28)16-11-9-15(10-12-16)14-5-2-1-3-6-14/h1-5,7-8,14-16H,6,9-13H2,(H2,26,27,28,29)/t14?,15-,16-. The van der Waals surface area contributed by atoms with Gasteiger partial charge < -0.3 is 4.98 Å². The van der Waals surface area contributed by atoms with Crippen molar-refractivity contribution in [1.29, 1.82) is 0 Å². The summed E-state index contributed by atoms with van der Waals surface area (Å²) in [6.07, 6.45) is 14.9. The fraction of sp³-hybridized carbons (Fsp3) is 0.391. The van der Waals surface area contributed by atoms with Gasteiger partial charge in [-0.2, -0.15) is 0 Å². The van der Waals surface area contributed by atoms with Crippen molar-refractivity contribution in [2.45, 2.75) is 44.4 Å². The van der Waals surface area contributed by atoms with Gasteiger partial charge in [-0.15, -0.1) is 0 Å². The molecular weight excluding hydrogens is 423 g/mol. The van der Waals surface area contributed by atoms with Crippen LogP contribution in [0.25, 0.3) is 0 Å². The van der Waals surface area contributed by atoms with Gasteiger partial charge in [0.15, 0.2) is 4.77 Å². The van der Waals surface area contributed by atoms with Crippen LogP contribution in [0.3, 0.4) is 0 Å². The summed E-state index contributed by atoms with van der Waals surface area (Å²) in [5.74, 6) is 1.66. The van der Waals surface area contributed by atoms with E-state index in [9.17, 15) is 4.79 Å². The lowest BCUT2D eigenvalue weighted by Gasteiger charge is -2.33. The van der Waals surface area contributed by atoms with E-state index in [0.29, 0.717) is 44.6 Å². The van der Waals surface area contributed by atoms with Crippen LogP contribution in [0.4, 0.5) is 0 Å². The van der Waals surface area contributed by atoms with Gasteiger partial charge in [0.1, 0.15) is 0 Å². The second-order valence-corrected chi connectivity index (χ2v) is 9.21. The summed E-state index contributed by atoms with van der Waals surface area (Å²) < 4.78 is 0.383. The third-order valence-corrected chi connectivity index (χ3v) is 7.33. The van der Waals surface area contributed by atoms with Crippen LogP contribution in [0.15, 0.2) is 47.3 Å². The third-order valence-electron chi connectivity index (χ3n) is 6.27. The Labute approximate surface area is 185 Å². The van der Waals surface area contributed by atoms with E-state index < -0.39 is 0 Å². The maximum absolute atomic E-state index is 12.8. The van der Waals surface area contributed by atoms with Crippen molar-refractivity contribution in [1.82, 2.24) is 9.97 Å². The molecule has 2 aliphatic carbocycles. The molecule has 1 atom stereocenters. The predicted molar refractivity (Wildman–Crippen MR) is 123 cm³/mol. The predicted octanol–water partition coefficient (Wildman–Crippen LogP) is 6.74. The minimum Gasteiger partial charge on any atom is -0.335 e. The Morgan fingerprint density at radius 2 is 1.86 bits per heavy atom. The molecule has 0 aliphatic heterocycles. The van der Waals surface area contributed by atoms with Gasteiger partial charge in [-0.05, 0) is 73.7 Å². The molecule has 1 fully saturated rings. The second-order valence-electron chi connectivity index (χ2n) is 8.01. The van der Waals surface area contributed by atoms with Crippen LogP contribution >= 0.6 is 35.4 Å². The fourth-order valence-electron chi connectivity index (χ4n) is 4.71. The number of aromatic amines is 2. The number of aromatic nitrogens is 2. The van der Waals surface area contributed by atoms with Gasteiger partial charge in [-0.25, -0.2) is 0 Å². The first-order chi connectivity index (χ1) is 14.0. The summed E-state index contributed by atoms with van der Waals surface area (Å²) in [6.45, 7) is 0. The van der Waals surface area contributed by atoms with E-state index >= 15 is 0 Å². The molecule has 0 saturated heterocycles. The van der Waals surface area contributed by atoms with E-state index in [4.69, 9.17) is 35.4 Å². The summed E-state index contributed by atoms with van der Waals surface area (Å²) >= 11 is 17.8. The molecule has 1 saturated carbocycles. The first kappa shape index (κ1) is 20.6. The van der Waals surface area contributed by atoms with Gasteiger partial charge in [0.05, 0.1) is 10.0 Å². The zero-order valence-electron chi connectivity index (χ0n) is 16.1. The Hall–Kier alpha value is -1.62. The molecule has 4 rings (SSSR count). The van der Waals surface area contributed by atoms with E-state index in [2.05, 4.69) is 34.3 Å². The molecule has 0 spiro atoms. The molecule has 3 nitrogen and oxygen atoms in total. The molecule has 1 heterocycles. The summed E-state index contributed by atoms with van der Waals surface area (Å²) in [5, 5.41) is 1.00. The van der Waals surface area contributed by atoms with Crippen molar-refractivity contribution in [3.05, 3.63) is 84.5 Å². The third kappa shape index (κ3) is 4.60. The summed E-state index contributed by atoms with van der Waals surface area (Å²) in [7, 11) is 0. The van der Waals surface area contributed by atoms with Crippen molar-refractivity contribution in [2.75, 3.05) is 0 Å². The molecule has 1 unspecified atom stereocenters. The van der Waals surface area contributed by atoms with Gasteiger partial charge in [0.25, 0.3) is 5.56 Å². The molecule has 6 heteroatoms. The Bertz CT molecular complexity index is 1060. The number of hydrogen-bond donors (Lipinski definition) is 2. The van der Waals surface area contributed by atoms with Gasteiger partial charge >= 0.3 is 0 Å². The highest BCUT2D eigenvalue weighted by atomic mass is 35.5. The number of allylic oxidation sites excluding steroid dienone is 4. The first-order valence-electron chi connectivity index (χ1n) is 10.1. The number of benzene rings is 1. The Morgan fingerprint density at radius 3 is 2.59 bits per heavy atom. The van der Waals surface area contributed by atoms with Gasteiger partial charge in [-0.3, -0.25) is 9.78 Å². The first-order valence-corrected chi connectivity index (χ1v) is 11.3. The molecule has 2 aliphatic rings. The highest BCUT2D eigenvalue weighted by molar-refractivity contribution is 7.71. The van der Waals surface area contributed by atoms with Crippen LogP contribution in [-0.4, -0.2) is 9.97 Å². The molecule has 2 N–H and O–H groups in total. The Balaban J connectivity index is 1.58. The number of H-pyrrole nitrogens is 2. The van der Waals surface area contributed by atoms with E-state index in [1.807, 2.05) is 12.1 Å².